The number of hydrogen-bond donors (Lipinski definition) is 1. The molecule has 0 saturated heterocycles. The van der Waals surface area contributed by atoms with Gasteiger partial charge in [0.05, 0.1) is 19.5 Å². The SMILES string of the molecule is COc1ccccc1-n1cnn(CN[C@@H](c2ccccc2)C(C)(C)C)c1=S. The third-order valence-electron chi connectivity index (χ3n) is 4.52. The highest BCUT2D eigenvalue weighted by molar-refractivity contribution is 7.71. The first-order valence-corrected chi connectivity index (χ1v) is 9.39. The molecular weight excluding hydrogens is 356 g/mol. The van der Waals surface area contributed by atoms with Crippen LogP contribution in [-0.4, -0.2) is 21.5 Å². The Kier molecular flexibility index (Phi) is 5.77. The third-order valence-corrected chi connectivity index (χ3v) is 4.93. The molecule has 0 fully saturated rings. The minimum atomic E-state index is 0.0503. The van der Waals surface area contributed by atoms with Gasteiger partial charge in [0.25, 0.3) is 0 Å². The zero-order valence-corrected chi connectivity index (χ0v) is 17.0. The normalized spacial score (nSPS) is 12.7. The van der Waals surface area contributed by atoms with Crippen molar-refractivity contribution in [2.75, 3.05) is 7.11 Å². The molecule has 0 radical (unpaired) electrons. The molecule has 1 N–H and O–H groups in total. The molecule has 0 bridgehead atoms. The molecule has 3 rings (SSSR count). The molecule has 6 heteroatoms. The Balaban J connectivity index is 1.84. The molecule has 0 spiro atoms. The van der Waals surface area contributed by atoms with Gasteiger partial charge in [0, 0.05) is 6.04 Å². The van der Waals surface area contributed by atoms with E-state index < -0.39 is 0 Å². The number of hydrogen-bond acceptors (Lipinski definition) is 4. The third kappa shape index (κ3) is 4.28. The van der Waals surface area contributed by atoms with Crippen LogP contribution in [0.4, 0.5) is 0 Å². The van der Waals surface area contributed by atoms with Crippen molar-refractivity contribution < 1.29 is 4.74 Å². The highest BCUT2D eigenvalue weighted by atomic mass is 32.1. The van der Waals surface area contributed by atoms with Crippen molar-refractivity contribution in [1.29, 1.82) is 0 Å². The molecule has 27 heavy (non-hydrogen) atoms. The maximum absolute atomic E-state index is 5.64. The van der Waals surface area contributed by atoms with Crippen LogP contribution in [0.2, 0.25) is 0 Å². The highest BCUT2D eigenvalue weighted by Gasteiger charge is 2.25. The number of nitrogens with zero attached hydrogens (tertiary/aromatic N) is 3. The van der Waals surface area contributed by atoms with Gasteiger partial charge in [-0.3, -0.25) is 9.88 Å². The van der Waals surface area contributed by atoms with Gasteiger partial charge >= 0.3 is 0 Å². The van der Waals surface area contributed by atoms with E-state index in [9.17, 15) is 0 Å². The first-order valence-electron chi connectivity index (χ1n) is 8.98. The van der Waals surface area contributed by atoms with E-state index in [0.29, 0.717) is 11.4 Å². The molecule has 0 amide bonds. The van der Waals surface area contributed by atoms with E-state index in [1.165, 1.54) is 5.56 Å². The summed E-state index contributed by atoms with van der Waals surface area (Å²) in [7, 11) is 1.65. The monoisotopic (exact) mass is 382 g/mol. The summed E-state index contributed by atoms with van der Waals surface area (Å²) in [5.41, 5.74) is 2.18. The van der Waals surface area contributed by atoms with E-state index in [1.807, 2.05) is 34.9 Å². The lowest BCUT2D eigenvalue weighted by molar-refractivity contribution is 0.251. The fraction of sp³-hybridized carbons (Fsp3) is 0.333. The average molecular weight is 383 g/mol. The van der Waals surface area contributed by atoms with Gasteiger partial charge < -0.3 is 4.74 Å². The molecule has 1 aromatic heterocycles. The number of nitrogens with one attached hydrogen (secondary N) is 1. The van der Waals surface area contributed by atoms with Crippen molar-refractivity contribution in [3.05, 3.63) is 71.3 Å². The van der Waals surface area contributed by atoms with Gasteiger partial charge in [0.15, 0.2) is 0 Å². The number of ether oxygens (including phenoxy) is 1. The van der Waals surface area contributed by atoms with Crippen LogP contribution in [0.25, 0.3) is 5.69 Å². The van der Waals surface area contributed by atoms with Crippen molar-refractivity contribution in [2.45, 2.75) is 33.5 Å². The summed E-state index contributed by atoms with van der Waals surface area (Å²) in [5.74, 6) is 0.762. The first-order chi connectivity index (χ1) is 12.9. The minimum absolute atomic E-state index is 0.0503. The van der Waals surface area contributed by atoms with Gasteiger partial charge in [-0.05, 0) is 35.3 Å². The molecule has 0 unspecified atom stereocenters. The van der Waals surface area contributed by atoms with Crippen LogP contribution in [0.15, 0.2) is 60.9 Å². The second-order valence-electron chi connectivity index (χ2n) is 7.53. The summed E-state index contributed by atoms with van der Waals surface area (Å²) >= 11 is 5.64. The molecule has 0 aliphatic heterocycles. The summed E-state index contributed by atoms with van der Waals surface area (Å²) in [4.78, 5) is 0. The van der Waals surface area contributed by atoms with Crippen LogP contribution in [0, 0.1) is 10.2 Å². The van der Waals surface area contributed by atoms with Crippen molar-refractivity contribution in [3.8, 4) is 11.4 Å². The second kappa shape index (κ2) is 8.06. The van der Waals surface area contributed by atoms with E-state index in [0.717, 1.165) is 11.4 Å². The number of methoxy groups -OCH3 is 1. The minimum Gasteiger partial charge on any atom is -0.495 e. The molecule has 1 atom stereocenters. The van der Waals surface area contributed by atoms with Crippen molar-refractivity contribution >= 4 is 12.2 Å². The summed E-state index contributed by atoms with van der Waals surface area (Å²) in [6.07, 6.45) is 1.73. The van der Waals surface area contributed by atoms with Crippen molar-refractivity contribution in [1.82, 2.24) is 19.7 Å². The maximum Gasteiger partial charge on any atom is 0.203 e. The zero-order valence-electron chi connectivity index (χ0n) is 16.2. The molecule has 3 aromatic rings. The molecule has 0 aliphatic carbocycles. The van der Waals surface area contributed by atoms with Gasteiger partial charge in [-0.25, -0.2) is 4.68 Å². The lowest BCUT2D eigenvalue weighted by atomic mass is 9.82. The first kappa shape index (κ1) is 19.3. The van der Waals surface area contributed by atoms with E-state index in [1.54, 1.807) is 18.1 Å². The van der Waals surface area contributed by atoms with Crippen LogP contribution in [0.1, 0.15) is 32.4 Å². The number of aromatic nitrogens is 3. The maximum atomic E-state index is 5.64. The lowest BCUT2D eigenvalue weighted by Gasteiger charge is -2.32. The largest absolute Gasteiger partial charge is 0.495 e. The smallest absolute Gasteiger partial charge is 0.203 e. The second-order valence-corrected chi connectivity index (χ2v) is 7.89. The number of para-hydroxylation sites is 2. The van der Waals surface area contributed by atoms with E-state index in [2.05, 4.69) is 55.5 Å². The Morgan fingerprint density at radius 3 is 2.41 bits per heavy atom. The van der Waals surface area contributed by atoms with E-state index in [4.69, 9.17) is 17.0 Å². The van der Waals surface area contributed by atoms with Gasteiger partial charge in [0.1, 0.15) is 12.1 Å². The van der Waals surface area contributed by atoms with E-state index in [-0.39, 0.29) is 11.5 Å². The summed E-state index contributed by atoms with van der Waals surface area (Å²) in [6.45, 7) is 7.21. The summed E-state index contributed by atoms with van der Waals surface area (Å²) < 4.78 is 9.72. The molecule has 0 aliphatic rings. The van der Waals surface area contributed by atoms with Gasteiger partial charge in [-0.2, -0.15) is 5.10 Å². The molecule has 2 aromatic carbocycles. The Hall–Kier alpha value is -2.44. The van der Waals surface area contributed by atoms with Gasteiger partial charge in [-0.1, -0.05) is 63.2 Å². The quantitative estimate of drug-likeness (QED) is 0.625. The fourth-order valence-electron chi connectivity index (χ4n) is 3.19. The number of rotatable bonds is 6. The fourth-order valence-corrected chi connectivity index (χ4v) is 3.44. The van der Waals surface area contributed by atoms with Crippen LogP contribution in [0.5, 0.6) is 5.75 Å². The van der Waals surface area contributed by atoms with Crippen LogP contribution < -0.4 is 10.1 Å². The standard InChI is InChI=1S/C21H26N4OS/c1-21(2,3)19(16-10-6-5-7-11-16)22-14-25-20(27)24(15-23-25)17-12-8-9-13-18(17)26-4/h5-13,15,19,22H,14H2,1-4H3/t19-/m0/s1. The van der Waals surface area contributed by atoms with Gasteiger partial charge in [-0.15, -0.1) is 0 Å². The van der Waals surface area contributed by atoms with Crippen LogP contribution >= 0.6 is 12.2 Å². The van der Waals surface area contributed by atoms with E-state index >= 15 is 0 Å². The van der Waals surface area contributed by atoms with Gasteiger partial charge in [0.2, 0.25) is 4.77 Å². The van der Waals surface area contributed by atoms with Crippen molar-refractivity contribution in [2.24, 2.45) is 5.41 Å². The molecule has 1 heterocycles. The molecule has 0 saturated carbocycles. The van der Waals surface area contributed by atoms with Crippen LogP contribution in [0.3, 0.4) is 0 Å². The molecular formula is C21H26N4OS. The predicted octanol–water partition coefficient (Wildman–Crippen LogP) is 4.75. The lowest BCUT2D eigenvalue weighted by Crippen LogP contribution is -2.34. The van der Waals surface area contributed by atoms with Crippen molar-refractivity contribution in [3.63, 3.8) is 0 Å². The Morgan fingerprint density at radius 2 is 1.74 bits per heavy atom. The Bertz CT molecular complexity index is 941. The predicted molar refractivity (Wildman–Crippen MR) is 111 cm³/mol. The zero-order chi connectivity index (χ0) is 19.4. The number of benzene rings is 2. The molecule has 142 valence electrons. The Labute approximate surface area is 165 Å². The summed E-state index contributed by atoms with van der Waals surface area (Å²) in [5, 5.41) is 8.09. The van der Waals surface area contributed by atoms with Crippen LogP contribution in [-0.2, 0) is 6.67 Å². The topological polar surface area (TPSA) is 44.0 Å². The molecule has 5 nitrogen and oxygen atoms in total. The average Bonchev–Trinajstić information content (AvgIpc) is 3.02. The summed E-state index contributed by atoms with van der Waals surface area (Å²) in [6, 6.07) is 18.4. The Morgan fingerprint density at radius 1 is 1.07 bits per heavy atom. The highest BCUT2D eigenvalue weighted by Crippen LogP contribution is 2.32.